The van der Waals surface area contributed by atoms with Crippen LogP contribution in [0.4, 0.5) is 0 Å². The Balaban J connectivity index is 2.72. The van der Waals surface area contributed by atoms with Crippen LogP contribution >= 0.6 is 0 Å². The van der Waals surface area contributed by atoms with E-state index in [1.807, 2.05) is 0 Å². The van der Waals surface area contributed by atoms with Crippen molar-refractivity contribution in [2.24, 2.45) is 0 Å². The Morgan fingerprint density at radius 2 is 1.65 bits per heavy atom. The van der Waals surface area contributed by atoms with Gasteiger partial charge in [-0.15, -0.1) is 0 Å². The van der Waals surface area contributed by atoms with Crippen LogP contribution in [0, 0.1) is 6.92 Å². The zero-order chi connectivity index (χ0) is 15.2. The lowest BCUT2D eigenvalue weighted by molar-refractivity contribution is -0.923. The minimum absolute atomic E-state index is 0.508. The minimum atomic E-state index is 0.508. The quantitative estimate of drug-likeness (QED) is 0.641. The number of ether oxygens (including phenoxy) is 1. The van der Waals surface area contributed by atoms with Crippen molar-refractivity contribution in [1.82, 2.24) is 0 Å². The molecule has 1 rings (SSSR count). The lowest BCUT2D eigenvalue weighted by Gasteiger charge is -2.35. The second-order valence-electron chi connectivity index (χ2n) is 6.06. The van der Waals surface area contributed by atoms with Crippen LogP contribution in [-0.4, -0.2) is 37.3 Å². The molecule has 20 heavy (non-hydrogen) atoms. The summed E-state index contributed by atoms with van der Waals surface area (Å²) in [6, 6.07) is 6.55. The van der Waals surface area contributed by atoms with E-state index in [9.17, 15) is 0 Å². The lowest BCUT2D eigenvalue weighted by atomic mass is 10.0. The molecule has 0 radical (unpaired) electrons. The van der Waals surface area contributed by atoms with E-state index in [-0.39, 0.29) is 0 Å². The van der Waals surface area contributed by atoms with Crippen molar-refractivity contribution in [1.29, 1.82) is 0 Å². The molecule has 2 nitrogen and oxygen atoms in total. The normalized spacial score (nSPS) is 11.9. The fraction of sp³-hybridized carbons (Fsp3) is 0.667. The Hall–Kier alpha value is -1.02. The summed E-state index contributed by atoms with van der Waals surface area (Å²) in [4.78, 5) is 0. The van der Waals surface area contributed by atoms with E-state index in [2.05, 4.69) is 59.7 Å². The molecule has 114 valence electrons. The number of nitrogens with zero attached hydrogens (tertiary/aromatic N) is 1. The van der Waals surface area contributed by atoms with Gasteiger partial charge in [0.2, 0.25) is 0 Å². The van der Waals surface area contributed by atoms with Gasteiger partial charge in [0.1, 0.15) is 18.9 Å². The molecule has 0 aliphatic heterocycles. The van der Waals surface area contributed by atoms with Gasteiger partial charge < -0.3 is 9.22 Å². The van der Waals surface area contributed by atoms with Gasteiger partial charge in [0.25, 0.3) is 0 Å². The van der Waals surface area contributed by atoms with Crippen LogP contribution in [0.15, 0.2) is 18.2 Å². The maximum atomic E-state index is 6.12. The first-order valence-corrected chi connectivity index (χ1v) is 8.06. The SMILES string of the molecule is CC[N+](CC)(CC)CCOc1cc(C)ccc1C(C)C. The van der Waals surface area contributed by atoms with Gasteiger partial charge in [-0.25, -0.2) is 0 Å². The largest absolute Gasteiger partial charge is 0.487 e. The molecule has 0 aliphatic carbocycles. The van der Waals surface area contributed by atoms with Crippen molar-refractivity contribution in [3.05, 3.63) is 29.3 Å². The van der Waals surface area contributed by atoms with Gasteiger partial charge in [0, 0.05) is 0 Å². The predicted molar refractivity (Wildman–Crippen MR) is 87.5 cm³/mol. The molecular formula is C18H32NO+. The predicted octanol–water partition coefficient (Wildman–Crippen LogP) is 4.37. The molecule has 0 bridgehead atoms. The Labute approximate surface area is 125 Å². The molecule has 0 aliphatic rings. The molecule has 0 fully saturated rings. The average molecular weight is 278 g/mol. The molecule has 0 heterocycles. The van der Waals surface area contributed by atoms with E-state index in [1.54, 1.807) is 0 Å². The van der Waals surface area contributed by atoms with Gasteiger partial charge in [-0.05, 0) is 50.8 Å². The second-order valence-corrected chi connectivity index (χ2v) is 6.06. The maximum absolute atomic E-state index is 6.12. The molecule has 0 N–H and O–H groups in total. The fourth-order valence-corrected chi connectivity index (χ4v) is 2.74. The summed E-state index contributed by atoms with van der Waals surface area (Å²) in [6.07, 6.45) is 0. The Morgan fingerprint density at radius 1 is 1.05 bits per heavy atom. The number of aryl methyl sites for hydroxylation is 1. The van der Waals surface area contributed by atoms with Crippen molar-refractivity contribution >= 4 is 0 Å². The third-order valence-corrected chi connectivity index (χ3v) is 4.63. The number of hydrogen-bond acceptors (Lipinski definition) is 1. The van der Waals surface area contributed by atoms with Crippen LogP contribution in [0.1, 0.15) is 51.7 Å². The molecular weight excluding hydrogens is 246 g/mol. The monoisotopic (exact) mass is 278 g/mol. The zero-order valence-electron chi connectivity index (χ0n) is 14.2. The Bertz CT molecular complexity index is 400. The van der Waals surface area contributed by atoms with Crippen LogP contribution in [0.25, 0.3) is 0 Å². The van der Waals surface area contributed by atoms with Crippen LogP contribution in [0.3, 0.4) is 0 Å². The minimum Gasteiger partial charge on any atom is -0.487 e. The molecule has 0 spiro atoms. The zero-order valence-corrected chi connectivity index (χ0v) is 14.2. The maximum Gasteiger partial charge on any atom is 0.137 e. The summed E-state index contributed by atoms with van der Waals surface area (Å²) < 4.78 is 7.27. The number of hydrogen-bond donors (Lipinski definition) is 0. The van der Waals surface area contributed by atoms with E-state index in [4.69, 9.17) is 4.74 Å². The standard InChI is InChI=1S/C18H32NO/c1-7-19(8-2,9-3)12-13-20-18-14-16(6)10-11-17(18)15(4)5/h10-11,14-15H,7-9,12-13H2,1-6H3/q+1. The van der Waals surface area contributed by atoms with Gasteiger partial charge in [0.15, 0.2) is 0 Å². The van der Waals surface area contributed by atoms with Crippen LogP contribution in [0.5, 0.6) is 5.75 Å². The topological polar surface area (TPSA) is 9.23 Å². The average Bonchev–Trinajstić information content (AvgIpc) is 2.44. The molecule has 0 saturated carbocycles. The highest BCUT2D eigenvalue weighted by molar-refractivity contribution is 5.39. The van der Waals surface area contributed by atoms with Crippen molar-refractivity contribution in [2.75, 3.05) is 32.8 Å². The van der Waals surface area contributed by atoms with Crippen molar-refractivity contribution < 1.29 is 9.22 Å². The highest BCUT2D eigenvalue weighted by atomic mass is 16.5. The summed E-state index contributed by atoms with van der Waals surface area (Å²) >= 11 is 0. The third kappa shape index (κ3) is 4.24. The molecule has 0 amide bonds. The summed E-state index contributed by atoms with van der Waals surface area (Å²) in [7, 11) is 0. The molecule has 0 aromatic heterocycles. The van der Waals surface area contributed by atoms with Gasteiger partial charge in [-0.2, -0.15) is 0 Å². The van der Waals surface area contributed by atoms with Gasteiger partial charge in [-0.1, -0.05) is 26.0 Å². The van der Waals surface area contributed by atoms with Crippen LogP contribution in [-0.2, 0) is 0 Å². The lowest BCUT2D eigenvalue weighted by Crippen LogP contribution is -2.49. The first kappa shape index (κ1) is 17.0. The molecule has 1 aromatic rings. The number of quaternary nitrogens is 1. The Kier molecular flexibility index (Phi) is 6.54. The number of likely N-dealkylation sites (N-methyl/N-ethyl adjacent to an activating group) is 1. The fourth-order valence-electron chi connectivity index (χ4n) is 2.74. The first-order chi connectivity index (χ1) is 9.48. The summed E-state index contributed by atoms with van der Waals surface area (Å²) in [5, 5.41) is 0. The van der Waals surface area contributed by atoms with Crippen molar-refractivity contribution in [3.63, 3.8) is 0 Å². The van der Waals surface area contributed by atoms with Crippen LogP contribution < -0.4 is 4.74 Å². The molecule has 2 heteroatoms. The molecule has 0 atom stereocenters. The first-order valence-electron chi connectivity index (χ1n) is 8.06. The summed E-state index contributed by atoms with van der Waals surface area (Å²) in [6.45, 7) is 18.8. The van der Waals surface area contributed by atoms with Crippen molar-refractivity contribution in [3.8, 4) is 5.75 Å². The van der Waals surface area contributed by atoms with Gasteiger partial charge >= 0.3 is 0 Å². The van der Waals surface area contributed by atoms with E-state index in [0.717, 1.165) is 23.4 Å². The molecule has 0 unspecified atom stereocenters. The number of rotatable bonds is 8. The summed E-state index contributed by atoms with van der Waals surface area (Å²) in [5.41, 5.74) is 2.59. The van der Waals surface area contributed by atoms with E-state index < -0.39 is 0 Å². The highest BCUT2D eigenvalue weighted by Crippen LogP contribution is 2.27. The van der Waals surface area contributed by atoms with Gasteiger partial charge in [0.05, 0.1) is 19.6 Å². The molecule has 1 aromatic carbocycles. The van der Waals surface area contributed by atoms with E-state index >= 15 is 0 Å². The second kappa shape index (κ2) is 7.68. The van der Waals surface area contributed by atoms with Gasteiger partial charge in [-0.3, -0.25) is 0 Å². The number of benzene rings is 1. The highest BCUT2D eigenvalue weighted by Gasteiger charge is 2.20. The van der Waals surface area contributed by atoms with E-state index in [0.29, 0.717) is 5.92 Å². The van der Waals surface area contributed by atoms with E-state index in [1.165, 1.54) is 30.8 Å². The van der Waals surface area contributed by atoms with Crippen LogP contribution in [0.2, 0.25) is 0 Å². The third-order valence-electron chi connectivity index (χ3n) is 4.63. The van der Waals surface area contributed by atoms with Crippen molar-refractivity contribution in [2.45, 2.75) is 47.5 Å². The summed E-state index contributed by atoms with van der Waals surface area (Å²) in [5.74, 6) is 1.58. The molecule has 0 saturated heterocycles. The smallest absolute Gasteiger partial charge is 0.137 e. The Morgan fingerprint density at radius 3 is 2.15 bits per heavy atom.